The SMILES string of the molecule is CCOCCCNC(N)=NCc1ccc(N(CC)CC)nc1. The normalized spacial score (nSPS) is 11.5. The van der Waals surface area contributed by atoms with E-state index in [2.05, 4.69) is 34.0 Å². The van der Waals surface area contributed by atoms with Crippen molar-refractivity contribution in [2.24, 2.45) is 10.7 Å². The number of rotatable bonds is 10. The van der Waals surface area contributed by atoms with Gasteiger partial charge in [0.1, 0.15) is 5.82 Å². The van der Waals surface area contributed by atoms with Crippen LogP contribution in [-0.4, -0.2) is 43.8 Å². The lowest BCUT2D eigenvalue weighted by molar-refractivity contribution is 0.145. The lowest BCUT2D eigenvalue weighted by atomic mass is 10.3. The number of aromatic nitrogens is 1. The number of ether oxygens (including phenoxy) is 1. The smallest absolute Gasteiger partial charge is 0.188 e. The first-order valence-corrected chi connectivity index (χ1v) is 8.02. The van der Waals surface area contributed by atoms with E-state index in [1.54, 1.807) is 0 Å². The number of pyridine rings is 1. The van der Waals surface area contributed by atoms with Gasteiger partial charge in [-0.3, -0.25) is 0 Å². The topological polar surface area (TPSA) is 75.8 Å². The average Bonchev–Trinajstić information content (AvgIpc) is 2.55. The van der Waals surface area contributed by atoms with Gasteiger partial charge in [0.05, 0.1) is 6.54 Å². The molecule has 124 valence electrons. The zero-order chi connectivity index (χ0) is 16.2. The molecule has 1 aromatic heterocycles. The van der Waals surface area contributed by atoms with Gasteiger partial charge in [-0.2, -0.15) is 0 Å². The molecule has 6 heteroatoms. The number of nitrogens with one attached hydrogen (secondary N) is 1. The monoisotopic (exact) mass is 307 g/mol. The van der Waals surface area contributed by atoms with Crippen LogP contribution < -0.4 is 16.0 Å². The highest BCUT2D eigenvalue weighted by Crippen LogP contribution is 2.11. The second-order valence-corrected chi connectivity index (χ2v) is 4.88. The van der Waals surface area contributed by atoms with Crippen molar-refractivity contribution in [1.82, 2.24) is 10.3 Å². The Hall–Kier alpha value is -1.82. The van der Waals surface area contributed by atoms with E-state index in [-0.39, 0.29) is 0 Å². The molecule has 0 amide bonds. The van der Waals surface area contributed by atoms with Crippen molar-refractivity contribution in [3.63, 3.8) is 0 Å². The molecule has 22 heavy (non-hydrogen) atoms. The fourth-order valence-electron chi connectivity index (χ4n) is 2.01. The zero-order valence-electron chi connectivity index (χ0n) is 14.0. The van der Waals surface area contributed by atoms with Crippen LogP contribution in [0.25, 0.3) is 0 Å². The minimum atomic E-state index is 0.462. The summed E-state index contributed by atoms with van der Waals surface area (Å²) in [6, 6.07) is 4.08. The number of guanidine groups is 1. The Morgan fingerprint density at radius 3 is 2.68 bits per heavy atom. The van der Waals surface area contributed by atoms with Gasteiger partial charge in [-0.1, -0.05) is 6.07 Å². The molecule has 1 aromatic rings. The van der Waals surface area contributed by atoms with E-state index in [1.165, 1.54) is 0 Å². The van der Waals surface area contributed by atoms with Gasteiger partial charge in [0, 0.05) is 39.0 Å². The van der Waals surface area contributed by atoms with Crippen LogP contribution in [0.2, 0.25) is 0 Å². The molecule has 0 aromatic carbocycles. The quantitative estimate of drug-likeness (QED) is 0.391. The molecule has 0 aliphatic carbocycles. The molecular formula is C16H29N5O. The van der Waals surface area contributed by atoms with Crippen LogP contribution in [0, 0.1) is 0 Å². The van der Waals surface area contributed by atoms with Crippen LogP contribution in [-0.2, 0) is 11.3 Å². The molecule has 0 spiro atoms. The molecule has 1 rings (SSSR count). The van der Waals surface area contributed by atoms with Gasteiger partial charge in [-0.15, -0.1) is 0 Å². The van der Waals surface area contributed by atoms with Gasteiger partial charge in [0.15, 0.2) is 5.96 Å². The number of anilines is 1. The molecule has 0 fully saturated rings. The summed E-state index contributed by atoms with van der Waals surface area (Å²) >= 11 is 0. The summed E-state index contributed by atoms with van der Waals surface area (Å²) in [5, 5.41) is 3.08. The van der Waals surface area contributed by atoms with Crippen molar-refractivity contribution < 1.29 is 4.74 Å². The summed E-state index contributed by atoms with van der Waals surface area (Å²) in [6.45, 7) is 11.0. The van der Waals surface area contributed by atoms with Crippen molar-refractivity contribution in [2.75, 3.05) is 37.7 Å². The third-order valence-electron chi connectivity index (χ3n) is 3.30. The van der Waals surface area contributed by atoms with E-state index in [4.69, 9.17) is 10.5 Å². The number of hydrogen-bond acceptors (Lipinski definition) is 4. The maximum atomic E-state index is 5.83. The van der Waals surface area contributed by atoms with Crippen molar-refractivity contribution in [3.8, 4) is 0 Å². The van der Waals surface area contributed by atoms with Crippen LogP contribution in [0.15, 0.2) is 23.3 Å². The van der Waals surface area contributed by atoms with Crippen molar-refractivity contribution in [2.45, 2.75) is 33.7 Å². The second kappa shape index (κ2) is 10.8. The Balaban J connectivity index is 2.38. The molecule has 0 unspecified atom stereocenters. The molecule has 0 saturated carbocycles. The average molecular weight is 307 g/mol. The lowest BCUT2D eigenvalue weighted by Gasteiger charge is -2.19. The fraction of sp³-hybridized carbons (Fsp3) is 0.625. The van der Waals surface area contributed by atoms with Crippen LogP contribution in [0.1, 0.15) is 32.8 Å². The number of nitrogens with two attached hydrogens (primary N) is 1. The highest BCUT2D eigenvalue weighted by atomic mass is 16.5. The Kier molecular flexibility index (Phi) is 8.98. The first-order valence-electron chi connectivity index (χ1n) is 8.02. The van der Waals surface area contributed by atoms with E-state index in [0.717, 1.165) is 50.7 Å². The Morgan fingerprint density at radius 2 is 2.09 bits per heavy atom. The van der Waals surface area contributed by atoms with Crippen LogP contribution in [0.4, 0.5) is 5.82 Å². The molecule has 0 aliphatic heterocycles. The molecule has 0 bridgehead atoms. The largest absolute Gasteiger partial charge is 0.382 e. The van der Waals surface area contributed by atoms with Gasteiger partial charge in [-0.05, 0) is 38.8 Å². The van der Waals surface area contributed by atoms with Gasteiger partial charge in [-0.25, -0.2) is 9.98 Å². The molecular weight excluding hydrogens is 278 g/mol. The summed E-state index contributed by atoms with van der Waals surface area (Å²) in [5.74, 6) is 1.46. The Labute approximate surface area is 133 Å². The van der Waals surface area contributed by atoms with Gasteiger partial charge < -0.3 is 20.7 Å². The summed E-state index contributed by atoms with van der Waals surface area (Å²) in [6.07, 6.45) is 2.78. The molecule has 1 heterocycles. The first-order chi connectivity index (χ1) is 10.7. The zero-order valence-corrected chi connectivity index (χ0v) is 14.0. The molecule has 0 aliphatic rings. The van der Waals surface area contributed by atoms with E-state index < -0.39 is 0 Å². The summed E-state index contributed by atoms with van der Waals surface area (Å²) < 4.78 is 5.26. The summed E-state index contributed by atoms with van der Waals surface area (Å²) in [5.41, 5.74) is 6.88. The molecule has 0 radical (unpaired) electrons. The number of hydrogen-bond donors (Lipinski definition) is 2. The molecule has 6 nitrogen and oxygen atoms in total. The summed E-state index contributed by atoms with van der Waals surface area (Å²) in [7, 11) is 0. The highest BCUT2D eigenvalue weighted by molar-refractivity contribution is 5.77. The van der Waals surface area contributed by atoms with E-state index in [9.17, 15) is 0 Å². The van der Waals surface area contributed by atoms with Gasteiger partial charge >= 0.3 is 0 Å². The fourth-order valence-corrected chi connectivity index (χ4v) is 2.01. The van der Waals surface area contributed by atoms with Gasteiger partial charge in [0.25, 0.3) is 0 Å². The third-order valence-corrected chi connectivity index (χ3v) is 3.30. The molecule has 3 N–H and O–H groups in total. The Bertz CT molecular complexity index is 429. The predicted octanol–water partition coefficient (Wildman–Crippen LogP) is 1.76. The van der Waals surface area contributed by atoms with Crippen LogP contribution >= 0.6 is 0 Å². The standard InChI is InChI=1S/C16H29N5O/c1-4-21(5-2)15-9-8-14(12-19-15)13-20-16(17)18-10-7-11-22-6-3/h8-9,12H,4-7,10-11,13H2,1-3H3,(H3,17,18,20). The minimum Gasteiger partial charge on any atom is -0.382 e. The Morgan fingerprint density at radius 1 is 1.32 bits per heavy atom. The van der Waals surface area contributed by atoms with Crippen molar-refractivity contribution in [3.05, 3.63) is 23.9 Å². The molecule has 0 saturated heterocycles. The second-order valence-electron chi connectivity index (χ2n) is 4.88. The summed E-state index contributed by atoms with van der Waals surface area (Å²) in [4.78, 5) is 11.0. The van der Waals surface area contributed by atoms with Crippen LogP contribution in [0.5, 0.6) is 0 Å². The number of aliphatic imine (C=N–C) groups is 1. The lowest BCUT2D eigenvalue weighted by Crippen LogP contribution is -2.32. The van der Waals surface area contributed by atoms with Crippen LogP contribution in [0.3, 0.4) is 0 Å². The maximum absolute atomic E-state index is 5.83. The number of nitrogens with zero attached hydrogens (tertiary/aromatic N) is 3. The predicted molar refractivity (Wildman–Crippen MR) is 92.2 cm³/mol. The van der Waals surface area contributed by atoms with E-state index in [0.29, 0.717) is 12.5 Å². The van der Waals surface area contributed by atoms with E-state index in [1.807, 2.05) is 25.3 Å². The molecule has 0 atom stereocenters. The first kappa shape index (κ1) is 18.2. The highest BCUT2D eigenvalue weighted by Gasteiger charge is 2.02. The van der Waals surface area contributed by atoms with E-state index >= 15 is 0 Å². The minimum absolute atomic E-state index is 0.462. The maximum Gasteiger partial charge on any atom is 0.188 e. The van der Waals surface area contributed by atoms with Gasteiger partial charge in [0.2, 0.25) is 0 Å². The third kappa shape index (κ3) is 6.76. The van der Waals surface area contributed by atoms with Crippen molar-refractivity contribution >= 4 is 11.8 Å². The van der Waals surface area contributed by atoms with Crippen molar-refractivity contribution in [1.29, 1.82) is 0 Å².